The van der Waals surface area contributed by atoms with Crippen molar-refractivity contribution in [1.29, 1.82) is 0 Å². The van der Waals surface area contributed by atoms with E-state index in [2.05, 4.69) is 12.2 Å². The second kappa shape index (κ2) is 6.16. The van der Waals surface area contributed by atoms with E-state index in [0.29, 0.717) is 23.1 Å². The van der Waals surface area contributed by atoms with Crippen LogP contribution < -0.4 is 10.1 Å². The Morgan fingerprint density at radius 1 is 1.33 bits per heavy atom. The Labute approximate surface area is 124 Å². The molecule has 2 unspecified atom stereocenters. The Morgan fingerprint density at radius 3 is 2.38 bits per heavy atom. The highest BCUT2D eigenvalue weighted by Crippen LogP contribution is 2.36. The van der Waals surface area contributed by atoms with E-state index in [0.717, 1.165) is 17.7 Å². The second-order valence-corrected chi connectivity index (χ2v) is 5.80. The fourth-order valence-electron chi connectivity index (χ4n) is 2.45. The Morgan fingerprint density at radius 2 is 1.90 bits per heavy atom. The third-order valence-electron chi connectivity index (χ3n) is 3.86. The van der Waals surface area contributed by atoms with Crippen LogP contribution in [0.5, 0.6) is 5.75 Å². The fraction of sp³-hybridized carbons (Fsp3) is 0.500. The molecule has 5 nitrogen and oxygen atoms in total. The maximum absolute atomic E-state index is 12.1. The van der Waals surface area contributed by atoms with E-state index in [1.807, 2.05) is 13.8 Å². The van der Waals surface area contributed by atoms with Crippen LogP contribution in [0.25, 0.3) is 0 Å². The highest BCUT2D eigenvalue weighted by Gasteiger charge is 2.32. The number of carbonyl (C=O) groups is 2. The van der Waals surface area contributed by atoms with E-state index in [4.69, 9.17) is 9.84 Å². The van der Waals surface area contributed by atoms with Crippen LogP contribution in [0.2, 0.25) is 0 Å². The molecule has 2 atom stereocenters. The number of aryl methyl sites for hydroxylation is 2. The van der Waals surface area contributed by atoms with Crippen LogP contribution in [0.4, 0.5) is 0 Å². The van der Waals surface area contributed by atoms with E-state index in [9.17, 15) is 9.59 Å². The summed E-state index contributed by atoms with van der Waals surface area (Å²) in [5.41, 5.74) is 2.11. The fourth-order valence-corrected chi connectivity index (χ4v) is 2.45. The first-order valence-electron chi connectivity index (χ1n) is 7.12. The van der Waals surface area contributed by atoms with Gasteiger partial charge in [0.25, 0.3) is 5.91 Å². The molecule has 1 aromatic carbocycles. The van der Waals surface area contributed by atoms with Crippen LogP contribution in [0.15, 0.2) is 12.1 Å². The minimum Gasteiger partial charge on any atom is -0.481 e. The van der Waals surface area contributed by atoms with Crippen LogP contribution in [0, 0.1) is 25.7 Å². The SMILES string of the molecule is Cc1cc(C(=O)NCC2CC2C)cc(C)c1OCC(=O)O. The molecule has 1 aliphatic rings. The van der Waals surface area contributed by atoms with Crippen molar-refractivity contribution in [3.05, 3.63) is 28.8 Å². The van der Waals surface area contributed by atoms with Crippen molar-refractivity contribution in [3.63, 3.8) is 0 Å². The molecule has 5 heteroatoms. The molecule has 0 saturated heterocycles. The lowest BCUT2D eigenvalue weighted by Crippen LogP contribution is -2.26. The maximum atomic E-state index is 12.1. The molecule has 114 valence electrons. The molecule has 1 fully saturated rings. The molecule has 0 radical (unpaired) electrons. The van der Waals surface area contributed by atoms with Gasteiger partial charge in [-0.3, -0.25) is 4.79 Å². The Kier molecular flexibility index (Phi) is 4.50. The minimum atomic E-state index is -1.02. The van der Waals surface area contributed by atoms with Crippen molar-refractivity contribution < 1.29 is 19.4 Å². The molecule has 0 aromatic heterocycles. The number of hydrogen-bond donors (Lipinski definition) is 2. The first kappa shape index (κ1) is 15.4. The number of rotatable bonds is 6. The lowest BCUT2D eigenvalue weighted by Gasteiger charge is -2.13. The summed E-state index contributed by atoms with van der Waals surface area (Å²) in [6, 6.07) is 3.46. The van der Waals surface area contributed by atoms with Gasteiger partial charge >= 0.3 is 5.97 Å². The third kappa shape index (κ3) is 3.97. The number of carboxylic acids is 1. The number of ether oxygens (including phenoxy) is 1. The van der Waals surface area contributed by atoms with Crippen molar-refractivity contribution in [3.8, 4) is 5.75 Å². The van der Waals surface area contributed by atoms with Gasteiger partial charge in [0.1, 0.15) is 5.75 Å². The molecule has 1 aromatic rings. The highest BCUT2D eigenvalue weighted by atomic mass is 16.5. The van der Waals surface area contributed by atoms with Gasteiger partial charge in [0.05, 0.1) is 0 Å². The first-order chi connectivity index (χ1) is 9.88. The van der Waals surface area contributed by atoms with Crippen LogP contribution in [-0.4, -0.2) is 30.1 Å². The molecular formula is C16H21NO4. The van der Waals surface area contributed by atoms with Crippen molar-refractivity contribution in [2.45, 2.75) is 27.2 Å². The summed E-state index contributed by atoms with van der Waals surface area (Å²) in [4.78, 5) is 22.7. The molecule has 21 heavy (non-hydrogen) atoms. The number of hydrogen-bond acceptors (Lipinski definition) is 3. The summed E-state index contributed by atoms with van der Waals surface area (Å²) in [5, 5.41) is 11.6. The van der Waals surface area contributed by atoms with Gasteiger partial charge in [0.15, 0.2) is 6.61 Å². The largest absolute Gasteiger partial charge is 0.481 e. The average Bonchev–Trinajstić information content (AvgIpc) is 3.10. The van der Waals surface area contributed by atoms with Gasteiger partial charge in [-0.2, -0.15) is 0 Å². The van der Waals surface area contributed by atoms with E-state index in [1.54, 1.807) is 12.1 Å². The molecule has 1 amide bonds. The zero-order chi connectivity index (χ0) is 15.6. The van der Waals surface area contributed by atoms with E-state index in [-0.39, 0.29) is 12.5 Å². The van der Waals surface area contributed by atoms with Gasteiger partial charge in [0, 0.05) is 12.1 Å². The molecular weight excluding hydrogens is 270 g/mol. The number of amides is 1. The minimum absolute atomic E-state index is 0.0925. The molecule has 0 bridgehead atoms. The summed E-state index contributed by atoms with van der Waals surface area (Å²) >= 11 is 0. The number of carbonyl (C=O) groups excluding carboxylic acids is 1. The van der Waals surface area contributed by atoms with Crippen molar-refractivity contribution in [1.82, 2.24) is 5.32 Å². The van der Waals surface area contributed by atoms with Gasteiger partial charge in [-0.1, -0.05) is 6.92 Å². The second-order valence-electron chi connectivity index (χ2n) is 5.80. The van der Waals surface area contributed by atoms with Gasteiger partial charge in [-0.15, -0.1) is 0 Å². The zero-order valence-electron chi connectivity index (χ0n) is 12.6. The number of carboxylic acid groups (broad SMARTS) is 1. The molecule has 0 aliphatic heterocycles. The molecule has 2 rings (SSSR count). The maximum Gasteiger partial charge on any atom is 0.341 e. The molecule has 2 N–H and O–H groups in total. The highest BCUT2D eigenvalue weighted by molar-refractivity contribution is 5.95. The van der Waals surface area contributed by atoms with E-state index >= 15 is 0 Å². The quantitative estimate of drug-likeness (QED) is 0.842. The number of aliphatic carboxylic acids is 1. The summed E-state index contributed by atoms with van der Waals surface area (Å²) in [6.07, 6.45) is 1.18. The first-order valence-corrected chi connectivity index (χ1v) is 7.12. The molecule has 1 aliphatic carbocycles. The van der Waals surface area contributed by atoms with E-state index in [1.165, 1.54) is 6.42 Å². The van der Waals surface area contributed by atoms with Gasteiger partial charge in [-0.25, -0.2) is 4.79 Å². The lowest BCUT2D eigenvalue weighted by molar-refractivity contribution is -0.139. The van der Waals surface area contributed by atoms with Crippen LogP contribution in [0.3, 0.4) is 0 Å². The number of nitrogens with one attached hydrogen (secondary N) is 1. The summed E-state index contributed by atoms with van der Waals surface area (Å²) in [6.45, 7) is 6.13. The summed E-state index contributed by atoms with van der Waals surface area (Å²) in [5.74, 6) is 0.735. The Hall–Kier alpha value is -2.04. The Balaban J connectivity index is 2.03. The zero-order valence-corrected chi connectivity index (χ0v) is 12.6. The predicted molar refractivity (Wildman–Crippen MR) is 78.7 cm³/mol. The lowest BCUT2D eigenvalue weighted by atomic mass is 10.0. The predicted octanol–water partition coefficient (Wildman–Crippen LogP) is 2.15. The van der Waals surface area contributed by atoms with Crippen molar-refractivity contribution >= 4 is 11.9 Å². The average molecular weight is 291 g/mol. The van der Waals surface area contributed by atoms with Crippen LogP contribution in [0.1, 0.15) is 34.8 Å². The van der Waals surface area contributed by atoms with Crippen molar-refractivity contribution in [2.24, 2.45) is 11.8 Å². The van der Waals surface area contributed by atoms with Crippen LogP contribution >= 0.6 is 0 Å². The van der Waals surface area contributed by atoms with Gasteiger partial charge in [-0.05, 0) is 55.4 Å². The van der Waals surface area contributed by atoms with Crippen LogP contribution in [-0.2, 0) is 4.79 Å². The summed E-state index contributed by atoms with van der Waals surface area (Å²) in [7, 11) is 0. The van der Waals surface area contributed by atoms with Gasteiger partial charge in [0.2, 0.25) is 0 Å². The summed E-state index contributed by atoms with van der Waals surface area (Å²) < 4.78 is 5.25. The smallest absolute Gasteiger partial charge is 0.341 e. The monoisotopic (exact) mass is 291 g/mol. The molecule has 1 saturated carbocycles. The van der Waals surface area contributed by atoms with Gasteiger partial charge < -0.3 is 15.2 Å². The van der Waals surface area contributed by atoms with E-state index < -0.39 is 5.97 Å². The van der Waals surface area contributed by atoms with Crippen molar-refractivity contribution in [2.75, 3.05) is 13.2 Å². The molecule has 0 spiro atoms. The normalized spacial score (nSPS) is 20.0. The standard InChI is InChI=1S/C16H21NO4/c1-9-4-13(9)7-17-16(20)12-5-10(2)15(11(3)6-12)21-8-14(18)19/h5-6,9,13H,4,7-8H2,1-3H3,(H,17,20)(H,18,19). The topological polar surface area (TPSA) is 75.6 Å². The third-order valence-corrected chi connectivity index (χ3v) is 3.86. The number of benzene rings is 1. The molecule has 0 heterocycles. The Bertz CT molecular complexity index is 544.